The lowest BCUT2D eigenvalue weighted by Gasteiger charge is -2.36. The summed E-state index contributed by atoms with van der Waals surface area (Å²) in [7, 11) is -3.68. The molecule has 1 fully saturated rings. The van der Waals surface area contributed by atoms with E-state index in [1.807, 2.05) is 6.92 Å². The largest absolute Gasteiger partial charge is 0.494 e. The highest BCUT2D eigenvalue weighted by molar-refractivity contribution is 7.92. The fourth-order valence-electron chi connectivity index (χ4n) is 3.31. The van der Waals surface area contributed by atoms with Gasteiger partial charge in [-0.25, -0.2) is 8.42 Å². The van der Waals surface area contributed by atoms with Crippen molar-refractivity contribution in [2.75, 3.05) is 30.3 Å². The van der Waals surface area contributed by atoms with Crippen molar-refractivity contribution in [2.45, 2.75) is 32.7 Å². The van der Waals surface area contributed by atoms with Gasteiger partial charge in [0.05, 0.1) is 18.6 Å². The van der Waals surface area contributed by atoms with E-state index in [2.05, 4.69) is 0 Å². The average molecular weight is 397 g/mol. The summed E-state index contributed by atoms with van der Waals surface area (Å²) < 4.78 is 31.2. The van der Waals surface area contributed by atoms with Gasteiger partial charge in [-0.15, -0.1) is 0 Å². The molecule has 8 nitrogen and oxygen atoms in total. The summed E-state index contributed by atoms with van der Waals surface area (Å²) >= 11 is 0. The lowest BCUT2D eigenvalue weighted by atomic mass is 9.96. The number of likely N-dealkylation sites (tertiary alicyclic amines) is 1. The Morgan fingerprint density at radius 2 is 1.81 bits per heavy atom. The van der Waals surface area contributed by atoms with Crippen LogP contribution in [0, 0.1) is 5.92 Å². The van der Waals surface area contributed by atoms with Crippen LogP contribution in [0.3, 0.4) is 0 Å². The maximum atomic E-state index is 12.9. The van der Waals surface area contributed by atoms with E-state index in [0.717, 1.165) is 10.6 Å². The van der Waals surface area contributed by atoms with E-state index >= 15 is 0 Å². The summed E-state index contributed by atoms with van der Waals surface area (Å²) in [6, 6.07) is 5.69. The van der Waals surface area contributed by atoms with Crippen molar-refractivity contribution in [1.82, 2.24) is 4.90 Å². The number of benzene rings is 1. The van der Waals surface area contributed by atoms with Crippen molar-refractivity contribution in [2.24, 2.45) is 11.7 Å². The van der Waals surface area contributed by atoms with E-state index in [4.69, 9.17) is 10.5 Å². The van der Waals surface area contributed by atoms with E-state index in [1.54, 1.807) is 36.1 Å². The minimum absolute atomic E-state index is 0.235. The zero-order chi connectivity index (χ0) is 20.2. The number of nitrogens with two attached hydrogens (primary N) is 1. The second-order valence-electron chi connectivity index (χ2n) is 6.66. The first-order chi connectivity index (χ1) is 12.6. The minimum atomic E-state index is -3.68. The smallest absolute Gasteiger partial charge is 0.246 e. The van der Waals surface area contributed by atoms with Crippen molar-refractivity contribution in [1.29, 1.82) is 0 Å². The van der Waals surface area contributed by atoms with Crippen LogP contribution in [-0.2, 0) is 19.6 Å². The van der Waals surface area contributed by atoms with Gasteiger partial charge >= 0.3 is 0 Å². The SMILES string of the molecule is CCOc1ccc(N(C(C)C(=O)N2CCC(C(N)=O)CC2)S(C)(=O)=O)cc1. The molecule has 1 saturated heterocycles. The van der Waals surface area contributed by atoms with Crippen LogP contribution in [0.4, 0.5) is 5.69 Å². The minimum Gasteiger partial charge on any atom is -0.494 e. The summed E-state index contributed by atoms with van der Waals surface area (Å²) in [5.41, 5.74) is 5.72. The van der Waals surface area contributed by atoms with Crippen molar-refractivity contribution < 1.29 is 22.7 Å². The third kappa shape index (κ3) is 5.12. The lowest BCUT2D eigenvalue weighted by Crippen LogP contribution is -2.52. The molecule has 0 bridgehead atoms. The molecule has 150 valence electrons. The van der Waals surface area contributed by atoms with Crippen LogP contribution < -0.4 is 14.8 Å². The van der Waals surface area contributed by atoms with E-state index in [1.165, 1.54) is 0 Å². The number of ether oxygens (including phenoxy) is 1. The van der Waals surface area contributed by atoms with Gasteiger partial charge in [0.15, 0.2) is 0 Å². The molecule has 1 aromatic carbocycles. The van der Waals surface area contributed by atoms with Gasteiger partial charge in [0.2, 0.25) is 21.8 Å². The Kier molecular flexibility index (Phi) is 6.69. The molecule has 1 aliphatic rings. The Bertz CT molecular complexity index is 771. The predicted octanol–water partition coefficient (Wildman–Crippen LogP) is 0.964. The molecule has 1 heterocycles. The Labute approximate surface area is 160 Å². The molecule has 0 spiro atoms. The molecule has 0 radical (unpaired) electrons. The van der Waals surface area contributed by atoms with E-state index in [-0.39, 0.29) is 17.7 Å². The third-order valence-corrected chi connectivity index (χ3v) is 5.92. The molecule has 1 unspecified atom stereocenters. The Balaban J connectivity index is 2.19. The standard InChI is InChI=1S/C18H27N3O5S/c1-4-26-16-7-5-15(6-8-16)21(27(3,24)25)13(2)18(23)20-11-9-14(10-12-20)17(19)22/h5-8,13-14H,4,9-12H2,1-3H3,(H2,19,22). The van der Waals surface area contributed by atoms with Crippen LogP contribution in [-0.4, -0.2) is 57.1 Å². The molecule has 1 aliphatic heterocycles. The fraction of sp³-hybridized carbons (Fsp3) is 0.556. The number of nitrogens with zero attached hydrogens (tertiary/aromatic N) is 2. The van der Waals surface area contributed by atoms with Crippen molar-refractivity contribution >= 4 is 27.5 Å². The molecule has 0 saturated carbocycles. The van der Waals surface area contributed by atoms with Crippen molar-refractivity contribution in [3.8, 4) is 5.75 Å². The molecule has 27 heavy (non-hydrogen) atoms. The van der Waals surface area contributed by atoms with Crippen molar-refractivity contribution in [3.63, 3.8) is 0 Å². The van der Waals surface area contributed by atoms with Gasteiger partial charge in [0.1, 0.15) is 11.8 Å². The fourth-order valence-corrected chi connectivity index (χ4v) is 4.48. The van der Waals surface area contributed by atoms with Crippen LogP contribution in [0.15, 0.2) is 24.3 Å². The highest BCUT2D eigenvalue weighted by Gasteiger charge is 2.34. The Hall–Kier alpha value is -2.29. The molecule has 9 heteroatoms. The second-order valence-corrected chi connectivity index (χ2v) is 8.52. The number of rotatable bonds is 7. The van der Waals surface area contributed by atoms with Gasteiger partial charge in [-0.3, -0.25) is 13.9 Å². The quantitative estimate of drug-likeness (QED) is 0.737. The summed E-state index contributed by atoms with van der Waals surface area (Å²) in [4.78, 5) is 25.8. The summed E-state index contributed by atoms with van der Waals surface area (Å²) in [6.45, 7) is 4.71. The molecular formula is C18H27N3O5S. The second kappa shape index (κ2) is 8.60. The number of carbonyl (C=O) groups is 2. The molecule has 2 N–H and O–H groups in total. The first-order valence-corrected chi connectivity index (χ1v) is 10.8. The number of hydrogen-bond acceptors (Lipinski definition) is 5. The zero-order valence-corrected chi connectivity index (χ0v) is 16.7. The monoisotopic (exact) mass is 397 g/mol. The number of piperidine rings is 1. The maximum absolute atomic E-state index is 12.9. The number of sulfonamides is 1. The van der Waals surface area contributed by atoms with Gasteiger partial charge in [0, 0.05) is 19.0 Å². The zero-order valence-electron chi connectivity index (χ0n) is 15.9. The molecule has 1 aromatic rings. The average Bonchev–Trinajstić information content (AvgIpc) is 2.62. The highest BCUT2D eigenvalue weighted by atomic mass is 32.2. The molecule has 2 amide bonds. The van der Waals surface area contributed by atoms with Gasteiger partial charge in [-0.05, 0) is 51.0 Å². The predicted molar refractivity (Wildman–Crippen MR) is 103 cm³/mol. The maximum Gasteiger partial charge on any atom is 0.246 e. The lowest BCUT2D eigenvalue weighted by molar-refractivity contribution is -0.135. The van der Waals surface area contributed by atoms with Gasteiger partial charge in [-0.2, -0.15) is 0 Å². The number of hydrogen-bond donors (Lipinski definition) is 1. The first-order valence-electron chi connectivity index (χ1n) is 8.95. The number of primary amides is 1. The normalized spacial score (nSPS) is 16.6. The highest BCUT2D eigenvalue weighted by Crippen LogP contribution is 2.26. The Morgan fingerprint density at radius 1 is 1.26 bits per heavy atom. The van der Waals surface area contributed by atoms with E-state index in [0.29, 0.717) is 44.0 Å². The van der Waals surface area contributed by atoms with Crippen LogP contribution in [0.25, 0.3) is 0 Å². The molecular weight excluding hydrogens is 370 g/mol. The number of amides is 2. The summed E-state index contributed by atoms with van der Waals surface area (Å²) in [5, 5.41) is 0. The first kappa shape index (κ1) is 21.0. The van der Waals surface area contributed by atoms with Crippen LogP contribution in [0.5, 0.6) is 5.75 Å². The molecule has 0 aliphatic carbocycles. The summed E-state index contributed by atoms with van der Waals surface area (Å²) in [5.74, 6) is -0.261. The number of anilines is 1. The third-order valence-electron chi connectivity index (χ3n) is 4.68. The van der Waals surface area contributed by atoms with E-state index in [9.17, 15) is 18.0 Å². The van der Waals surface area contributed by atoms with Crippen molar-refractivity contribution in [3.05, 3.63) is 24.3 Å². The topological polar surface area (TPSA) is 110 Å². The van der Waals surface area contributed by atoms with Gasteiger partial charge in [0.25, 0.3) is 0 Å². The summed E-state index contributed by atoms with van der Waals surface area (Å²) in [6.07, 6.45) is 2.07. The molecule has 1 atom stereocenters. The van der Waals surface area contributed by atoms with Gasteiger partial charge in [-0.1, -0.05) is 0 Å². The van der Waals surface area contributed by atoms with Crippen LogP contribution >= 0.6 is 0 Å². The Morgan fingerprint density at radius 3 is 2.26 bits per heavy atom. The van der Waals surface area contributed by atoms with Gasteiger partial charge < -0.3 is 15.4 Å². The molecule has 2 rings (SSSR count). The van der Waals surface area contributed by atoms with Crippen LogP contribution in [0.1, 0.15) is 26.7 Å². The van der Waals surface area contributed by atoms with E-state index < -0.39 is 16.1 Å². The van der Waals surface area contributed by atoms with Crippen LogP contribution in [0.2, 0.25) is 0 Å². The number of carbonyl (C=O) groups excluding carboxylic acids is 2. The molecule has 0 aromatic heterocycles.